The highest BCUT2D eigenvalue weighted by atomic mass is 35.5. The molecule has 0 radical (unpaired) electrons. The van der Waals surface area contributed by atoms with Gasteiger partial charge in [-0.3, -0.25) is 0 Å². The molecular formula is C14H21Cl2NO2. The third kappa shape index (κ3) is 3.68. The Kier molecular flexibility index (Phi) is 6.24. The van der Waals surface area contributed by atoms with E-state index in [1.807, 2.05) is 0 Å². The summed E-state index contributed by atoms with van der Waals surface area (Å²) in [6.07, 6.45) is 6.15. The number of phenols is 1. The molecule has 1 fully saturated rings. The smallest absolute Gasteiger partial charge is 0.176 e. The Labute approximate surface area is 125 Å². The van der Waals surface area contributed by atoms with E-state index in [1.165, 1.54) is 39.2 Å². The van der Waals surface area contributed by atoms with E-state index in [1.54, 1.807) is 12.1 Å². The second kappa shape index (κ2) is 7.22. The SMILES string of the molecule is COc1cc([C@@H](N)C2CCCCC2)cc(Cl)c1O.Cl. The van der Waals surface area contributed by atoms with Crippen LogP contribution in [0.15, 0.2) is 12.1 Å². The first-order valence-corrected chi connectivity index (χ1v) is 6.83. The molecule has 0 saturated heterocycles. The zero-order valence-corrected chi connectivity index (χ0v) is 12.6. The molecule has 0 unspecified atom stereocenters. The molecule has 3 N–H and O–H groups in total. The third-order valence-electron chi connectivity index (χ3n) is 3.81. The van der Waals surface area contributed by atoms with Gasteiger partial charge in [0.25, 0.3) is 0 Å². The molecule has 0 aromatic heterocycles. The van der Waals surface area contributed by atoms with Gasteiger partial charge in [0.15, 0.2) is 11.5 Å². The monoisotopic (exact) mass is 305 g/mol. The summed E-state index contributed by atoms with van der Waals surface area (Å²) in [4.78, 5) is 0. The van der Waals surface area contributed by atoms with E-state index in [0.29, 0.717) is 16.7 Å². The van der Waals surface area contributed by atoms with E-state index < -0.39 is 0 Å². The average Bonchev–Trinajstić information content (AvgIpc) is 2.42. The molecule has 0 spiro atoms. The van der Waals surface area contributed by atoms with E-state index in [-0.39, 0.29) is 24.2 Å². The fourth-order valence-corrected chi connectivity index (χ4v) is 2.93. The first-order chi connectivity index (χ1) is 8.63. The van der Waals surface area contributed by atoms with Crippen molar-refractivity contribution in [1.29, 1.82) is 0 Å². The maximum Gasteiger partial charge on any atom is 0.176 e. The average molecular weight is 306 g/mol. The van der Waals surface area contributed by atoms with Crippen molar-refractivity contribution in [3.05, 3.63) is 22.7 Å². The molecule has 1 atom stereocenters. The lowest BCUT2D eigenvalue weighted by molar-refractivity contribution is 0.307. The molecule has 0 heterocycles. The highest BCUT2D eigenvalue weighted by molar-refractivity contribution is 6.32. The van der Waals surface area contributed by atoms with Gasteiger partial charge >= 0.3 is 0 Å². The number of hydrogen-bond acceptors (Lipinski definition) is 3. The molecule has 1 aromatic carbocycles. The second-order valence-corrected chi connectivity index (χ2v) is 5.38. The summed E-state index contributed by atoms with van der Waals surface area (Å²) in [6, 6.07) is 3.51. The van der Waals surface area contributed by atoms with Gasteiger partial charge in [-0.05, 0) is 36.5 Å². The van der Waals surface area contributed by atoms with Gasteiger partial charge in [0, 0.05) is 6.04 Å². The molecule has 108 valence electrons. The molecule has 1 aliphatic rings. The zero-order valence-electron chi connectivity index (χ0n) is 11.1. The Bertz CT molecular complexity index is 420. The highest BCUT2D eigenvalue weighted by Gasteiger charge is 2.23. The molecule has 0 bridgehead atoms. The number of nitrogens with two attached hydrogens (primary N) is 1. The quantitative estimate of drug-likeness (QED) is 0.885. The van der Waals surface area contributed by atoms with Crippen molar-refractivity contribution in [3.63, 3.8) is 0 Å². The number of phenolic OH excluding ortho intramolecular Hbond substituents is 1. The molecule has 2 rings (SSSR count). The first-order valence-electron chi connectivity index (χ1n) is 6.45. The van der Waals surface area contributed by atoms with Gasteiger partial charge in [0.1, 0.15) is 0 Å². The van der Waals surface area contributed by atoms with Crippen LogP contribution in [0.4, 0.5) is 0 Å². The standard InChI is InChI=1S/C14H20ClNO2.ClH/c1-18-12-8-10(7-11(15)14(12)17)13(16)9-5-3-2-4-6-9;/h7-9,13,17H,2-6,16H2,1H3;1H/t13-;/m0./s1. The van der Waals surface area contributed by atoms with Crippen molar-refractivity contribution in [3.8, 4) is 11.5 Å². The van der Waals surface area contributed by atoms with Crippen molar-refractivity contribution in [2.45, 2.75) is 38.1 Å². The van der Waals surface area contributed by atoms with Gasteiger partial charge < -0.3 is 15.6 Å². The van der Waals surface area contributed by atoms with Crippen LogP contribution in [0.1, 0.15) is 43.7 Å². The third-order valence-corrected chi connectivity index (χ3v) is 4.10. The van der Waals surface area contributed by atoms with Crippen LogP contribution in [0, 0.1) is 5.92 Å². The van der Waals surface area contributed by atoms with Crippen LogP contribution in [-0.2, 0) is 0 Å². The van der Waals surface area contributed by atoms with Crippen LogP contribution in [-0.4, -0.2) is 12.2 Å². The Balaban J connectivity index is 0.00000180. The van der Waals surface area contributed by atoms with Crippen molar-refractivity contribution in [1.82, 2.24) is 0 Å². The van der Waals surface area contributed by atoms with Crippen molar-refractivity contribution in [2.24, 2.45) is 11.7 Å². The first kappa shape index (κ1) is 16.4. The lowest BCUT2D eigenvalue weighted by Gasteiger charge is -2.28. The minimum absolute atomic E-state index is 0. The summed E-state index contributed by atoms with van der Waals surface area (Å²) in [7, 11) is 1.52. The number of halogens is 2. The van der Waals surface area contributed by atoms with E-state index >= 15 is 0 Å². The van der Waals surface area contributed by atoms with E-state index in [4.69, 9.17) is 22.1 Å². The Morgan fingerprint density at radius 3 is 2.53 bits per heavy atom. The number of hydrogen-bond donors (Lipinski definition) is 2. The fourth-order valence-electron chi connectivity index (χ4n) is 2.71. The summed E-state index contributed by atoms with van der Waals surface area (Å²) in [5, 5.41) is 10.0. The van der Waals surface area contributed by atoms with Crippen molar-refractivity contribution in [2.75, 3.05) is 7.11 Å². The normalized spacial score (nSPS) is 17.6. The Hall–Kier alpha value is -0.640. The molecular weight excluding hydrogens is 285 g/mol. The van der Waals surface area contributed by atoms with Crippen LogP contribution in [0.2, 0.25) is 5.02 Å². The number of rotatable bonds is 3. The Morgan fingerprint density at radius 1 is 1.32 bits per heavy atom. The largest absolute Gasteiger partial charge is 0.503 e. The topological polar surface area (TPSA) is 55.5 Å². The summed E-state index contributed by atoms with van der Waals surface area (Å²) >= 11 is 6.00. The number of ether oxygens (including phenoxy) is 1. The molecule has 19 heavy (non-hydrogen) atoms. The van der Waals surface area contributed by atoms with Crippen molar-refractivity contribution < 1.29 is 9.84 Å². The van der Waals surface area contributed by atoms with Crippen LogP contribution in [0.25, 0.3) is 0 Å². The van der Waals surface area contributed by atoms with Crippen LogP contribution >= 0.6 is 24.0 Å². The summed E-state index contributed by atoms with van der Waals surface area (Å²) in [5.74, 6) is 0.881. The number of benzene rings is 1. The second-order valence-electron chi connectivity index (χ2n) is 4.98. The lowest BCUT2D eigenvalue weighted by Crippen LogP contribution is -2.23. The van der Waals surface area contributed by atoms with Gasteiger partial charge in [-0.15, -0.1) is 12.4 Å². The fraction of sp³-hybridized carbons (Fsp3) is 0.571. The molecule has 0 amide bonds. The van der Waals surface area contributed by atoms with Gasteiger partial charge in [0.2, 0.25) is 0 Å². The molecule has 0 aliphatic heterocycles. The Morgan fingerprint density at radius 2 is 1.95 bits per heavy atom. The zero-order chi connectivity index (χ0) is 13.1. The predicted octanol–water partition coefficient (Wildman–Crippen LogP) is 4.06. The van der Waals surface area contributed by atoms with Crippen LogP contribution in [0.3, 0.4) is 0 Å². The number of aromatic hydroxyl groups is 1. The van der Waals surface area contributed by atoms with E-state index in [9.17, 15) is 5.11 Å². The van der Waals surface area contributed by atoms with Gasteiger partial charge in [-0.2, -0.15) is 0 Å². The van der Waals surface area contributed by atoms with Gasteiger partial charge in [-0.25, -0.2) is 0 Å². The highest BCUT2D eigenvalue weighted by Crippen LogP contribution is 2.39. The molecule has 3 nitrogen and oxygen atoms in total. The predicted molar refractivity (Wildman–Crippen MR) is 80.4 cm³/mol. The molecule has 1 aliphatic carbocycles. The van der Waals surface area contributed by atoms with E-state index in [0.717, 1.165) is 5.56 Å². The van der Waals surface area contributed by atoms with Gasteiger partial charge in [-0.1, -0.05) is 30.9 Å². The van der Waals surface area contributed by atoms with E-state index in [2.05, 4.69) is 0 Å². The van der Waals surface area contributed by atoms with Crippen molar-refractivity contribution >= 4 is 24.0 Å². The van der Waals surface area contributed by atoms with Crippen LogP contribution in [0.5, 0.6) is 11.5 Å². The number of methoxy groups -OCH3 is 1. The van der Waals surface area contributed by atoms with Gasteiger partial charge in [0.05, 0.1) is 12.1 Å². The lowest BCUT2D eigenvalue weighted by atomic mass is 9.81. The maximum atomic E-state index is 9.72. The molecule has 1 saturated carbocycles. The summed E-state index contributed by atoms with van der Waals surface area (Å²) < 4.78 is 5.11. The molecule has 1 aromatic rings. The summed E-state index contributed by atoms with van der Waals surface area (Å²) in [5.41, 5.74) is 7.26. The van der Waals surface area contributed by atoms with Crippen LogP contribution < -0.4 is 10.5 Å². The minimum Gasteiger partial charge on any atom is -0.503 e. The summed E-state index contributed by atoms with van der Waals surface area (Å²) in [6.45, 7) is 0. The minimum atomic E-state index is -0.0303. The molecule has 5 heteroatoms. The maximum absolute atomic E-state index is 9.72.